The van der Waals surface area contributed by atoms with Crippen LogP contribution in [0.5, 0.6) is 0 Å². The first kappa shape index (κ1) is 13.9. The smallest absolute Gasteiger partial charge is 0.295 e. The van der Waals surface area contributed by atoms with Crippen LogP contribution in [0.4, 0.5) is 15.8 Å². The molecule has 1 heterocycles. The Balaban J connectivity index is 2.25. The molecule has 1 aromatic rings. The fraction of sp³-hybridized carbons (Fsp3) is 0.500. The molecule has 1 saturated heterocycles. The first-order valence-corrected chi connectivity index (χ1v) is 7.49. The minimum absolute atomic E-state index is 0.113. The van der Waals surface area contributed by atoms with Gasteiger partial charge in [-0.15, -0.1) is 0 Å². The van der Waals surface area contributed by atoms with Crippen LogP contribution < -0.4 is 4.90 Å². The number of nitro benzene ring substituents is 1. The molecule has 19 heavy (non-hydrogen) atoms. The highest BCUT2D eigenvalue weighted by Gasteiger charge is 2.26. The summed E-state index contributed by atoms with van der Waals surface area (Å²) in [6.45, 7) is 0. The Morgan fingerprint density at radius 2 is 2.05 bits per heavy atom. The van der Waals surface area contributed by atoms with Crippen LogP contribution in [0.3, 0.4) is 0 Å². The summed E-state index contributed by atoms with van der Waals surface area (Å²) in [6, 6.07) is 3.70. The molecule has 0 atom stereocenters. The van der Waals surface area contributed by atoms with Gasteiger partial charge in [-0.1, -0.05) is 0 Å². The number of hydrogen-bond acceptors (Lipinski definition) is 4. The second-order valence-electron chi connectivity index (χ2n) is 4.58. The zero-order valence-corrected chi connectivity index (χ0v) is 11.4. The molecule has 1 aliphatic rings. The number of nitro groups is 1. The SMILES string of the molecule is CN(c1ccc(F)cc1[N+](=O)[O-])C1CCS(=O)CC1. The molecule has 0 N–H and O–H groups in total. The highest BCUT2D eigenvalue weighted by atomic mass is 32.2. The zero-order chi connectivity index (χ0) is 14.0. The summed E-state index contributed by atoms with van der Waals surface area (Å²) >= 11 is 0. The van der Waals surface area contributed by atoms with E-state index in [1.54, 1.807) is 11.9 Å². The van der Waals surface area contributed by atoms with Gasteiger partial charge in [0.05, 0.1) is 11.0 Å². The van der Waals surface area contributed by atoms with Crippen molar-refractivity contribution in [1.82, 2.24) is 0 Å². The molecule has 0 amide bonds. The molecular formula is C12H15FN2O3S. The number of nitrogens with zero attached hydrogens (tertiary/aromatic N) is 2. The molecule has 2 rings (SSSR count). The van der Waals surface area contributed by atoms with E-state index < -0.39 is 21.5 Å². The zero-order valence-electron chi connectivity index (χ0n) is 10.5. The number of anilines is 1. The van der Waals surface area contributed by atoms with E-state index in [1.165, 1.54) is 12.1 Å². The number of halogens is 1. The Kier molecular flexibility index (Phi) is 4.14. The van der Waals surface area contributed by atoms with Gasteiger partial charge in [0.2, 0.25) is 0 Å². The Hall–Kier alpha value is -1.50. The second-order valence-corrected chi connectivity index (χ2v) is 6.28. The van der Waals surface area contributed by atoms with Gasteiger partial charge in [-0.3, -0.25) is 14.3 Å². The van der Waals surface area contributed by atoms with Gasteiger partial charge in [-0.05, 0) is 25.0 Å². The van der Waals surface area contributed by atoms with Crippen LogP contribution in [-0.2, 0) is 10.8 Å². The summed E-state index contributed by atoms with van der Waals surface area (Å²) in [7, 11) is 0.991. The van der Waals surface area contributed by atoms with E-state index in [4.69, 9.17) is 0 Å². The third-order valence-electron chi connectivity index (χ3n) is 3.42. The molecule has 0 spiro atoms. The maximum absolute atomic E-state index is 13.1. The van der Waals surface area contributed by atoms with Crippen LogP contribution in [0.2, 0.25) is 0 Å². The molecular weight excluding hydrogens is 271 g/mol. The lowest BCUT2D eigenvalue weighted by Gasteiger charge is -2.32. The summed E-state index contributed by atoms with van der Waals surface area (Å²) < 4.78 is 24.4. The predicted molar refractivity (Wildman–Crippen MR) is 72.4 cm³/mol. The number of benzene rings is 1. The van der Waals surface area contributed by atoms with Gasteiger partial charge in [0, 0.05) is 35.4 Å². The third-order valence-corrected chi connectivity index (χ3v) is 4.80. The Morgan fingerprint density at radius 1 is 1.42 bits per heavy atom. The van der Waals surface area contributed by atoms with Crippen molar-refractivity contribution in [3.63, 3.8) is 0 Å². The van der Waals surface area contributed by atoms with Gasteiger partial charge < -0.3 is 4.90 Å². The summed E-state index contributed by atoms with van der Waals surface area (Å²) in [5, 5.41) is 11.0. The van der Waals surface area contributed by atoms with Crippen LogP contribution in [0.25, 0.3) is 0 Å². The Labute approximate surface area is 113 Å². The molecule has 0 radical (unpaired) electrons. The summed E-state index contributed by atoms with van der Waals surface area (Å²) in [5.41, 5.74) is 0.179. The molecule has 104 valence electrons. The number of rotatable bonds is 3. The van der Waals surface area contributed by atoms with E-state index in [-0.39, 0.29) is 11.7 Å². The Morgan fingerprint density at radius 3 is 2.63 bits per heavy atom. The summed E-state index contributed by atoms with van der Waals surface area (Å²) in [5.74, 6) is 0.613. The van der Waals surface area contributed by atoms with Crippen molar-refractivity contribution in [2.75, 3.05) is 23.5 Å². The Bertz CT molecular complexity index is 514. The second kappa shape index (κ2) is 5.64. The molecule has 0 unspecified atom stereocenters. The minimum atomic E-state index is -0.772. The lowest BCUT2D eigenvalue weighted by atomic mass is 10.1. The fourth-order valence-corrected chi connectivity index (χ4v) is 3.58. The molecule has 1 aromatic carbocycles. The monoisotopic (exact) mass is 286 g/mol. The van der Waals surface area contributed by atoms with E-state index >= 15 is 0 Å². The lowest BCUT2D eigenvalue weighted by Crippen LogP contribution is -2.37. The van der Waals surface area contributed by atoms with Crippen LogP contribution in [-0.4, -0.2) is 33.7 Å². The lowest BCUT2D eigenvalue weighted by molar-refractivity contribution is -0.384. The molecule has 7 heteroatoms. The van der Waals surface area contributed by atoms with Crippen LogP contribution in [0, 0.1) is 15.9 Å². The average Bonchev–Trinajstić information content (AvgIpc) is 2.38. The molecule has 1 fully saturated rings. The van der Waals surface area contributed by atoms with Gasteiger partial charge >= 0.3 is 0 Å². The standard InChI is InChI=1S/C12H15FN2O3S/c1-14(10-4-6-19(18)7-5-10)11-3-2-9(13)8-12(11)15(16)17/h2-3,8,10H,4-7H2,1H3. The fourth-order valence-electron chi connectivity index (χ4n) is 2.31. The van der Waals surface area contributed by atoms with Crippen LogP contribution >= 0.6 is 0 Å². The van der Waals surface area contributed by atoms with Crippen molar-refractivity contribution in [2.24, 2.45) is 0 Å². The van der Waals surface area contributed by atoms with Crippen molar-refractivity contribution in [1.29, 1.82) is 0 Å². The van der Waals surface area contributed by atoms with E-state index in [0.29, 0.717) is 17.2 Å². The molecule has 0 saturated carbocycles. The normalized spacial score (nSPS) is 23.1. The quantitative estimate of drug-likeness (QED) is 0.630. The minimum Gasteiger partial charge on any atom is -0.366 e. The van der Waals surface area contributed by atoms with E-state index in [9.17, 15) is 18.7 Å². The van der Waals surface area contributed by atoms with Gasteiger partial charge in [0.1, 0.15) is 11.5 Å². The van der Waals surface area contributed by atoms with Gasteiger partial charge in [-0.2, -0.15) is 0 Å². The first-order valence-electron chi connectivity index (χ1n) is 6.01. The molecule has 0 bridgehead atoms. The third kappa shape index (κ3) is 3.09. The summed E-state index contributed by atoms with van der Waals surface area (Å²) in [6.07, 6.45) is 1.47. The van der Waals surface area contributed by atoms with E-state index in [2.05, 4.69) is 0 Å². The van der Waals surface area contributed by atoms with Crippen molar-refractivity contribution < 1.29 is 13.5 Å². The predicted octanol–water partition coefficient (Wildman–Crippen LogP) is 2.08. The largest absolute Gasteiger partial charge is 0.366 e. The van der Waals surface area contributed by atoms with Gasteiger partial charge in [0.25, 0.3) is 5.69 Å². The topological polar surface area (TPSA) is 63.4 Å². The molecule has 5 nitrogen and oxygen atoms in total. The van der Waals surface area contributed by atoms with Crippen molar-refractivity contribution in [3.05, 3.63) is 34.1 Å². The molecule has 0 aromatic heterocycles. The van der Waals surface area contributed by atoms with E-state index in [0.717, 1.165) is 18.9 Å². The van der Waals surface area contributed by atoms with Gasteiger partial charge in [0.15, 0.2) is 0 Å². The average molecular weight is 286 g/mol. The first-order chi connectivity index (χ1) is 8.99. The van der Waals surface area contributed by atoms with Gasteiger partial charge in [-0.25, -0.2) is 4.39 Å². The summed E-state index contributed by atoms with van der Waals surface area (Å²) in [4.78, 5) is 12.2. The van der Waals surface area contributed by atoms with Crippen LogP contribution in [0.15, 0.2) is 18.2 Å². The van der Waals surface area contributed by atoms with Crippen molar-refractivity contribution in [3.8, 4) is 0 Å². The van der Waals surface area contributed by atoms with Crippen LogP contribution in [0.1, 0.15) is 12.8 Å². The highest BCUT2D eigenvalue weighted by molar-refractivity contribution is 7.85. The maximum Gasteiger partial charge on any atom is 0.295 e. The molecule has 1 aliphatic heterocycles. The van der Waals surface area contributed by atoms with E-state index in [1.807, 2.05) is 0 Å². The number of hydrogen-bond donors (Lipinski definition) is 0. The highest BCUT2D eigenvalue weighted by Crippen LogP contribution is 2.31. The van der Waals surface area contributed by atoms with Crippen molar-refractivity contribution in [2.45, 2.75) is 18.9 Å². The maximum atomic E-state index is 13.1. The molecule has 0 aliphatic carbocycles. The van der Waals surface area contributed by atoms with Crippen molar-refractivity contribution >= 4 is 22.2 Å².